The zero-order chi connectivity index (χ0) is 11.6. The molecule has 2 aromatic rings. The lowest BCUT2D eigenvalue weighted by atomic mass is 10.0. The minimum atomic E-state index is -2.80. The third-order valence-corrected chi connectivity index (χ3v) is 2.53. The number of alkyl halides is 2. The summed E-state index contributed by atoms with van der Waals surface area (Å²) in [5, 5.41) is 2.73. The zero-order valence-corrected chi connectivity index (χ0v) is 8.93. The van der Waals surface area contributed by atoms with Crippen LogP contribution >= 0.6 is 0 Å². The molecule has 1 aromatic carbocycles. The summed E-state index contributed by atoms with van der Waals surface area (Å²) in [5.41, 5.74) is 1.37. The van der Waals surface area contributed by atoms with Crippen LogP contribution in [0.25, 0.3) is 11.0 Å². The fourth-order valence-electron chi connectivity index (χ4n) is 1.59. The summed E-state index contributed by atoms with van der Waals surface area (Å²) in [4.78, 5) is 6.82. The third-order valence-electron chi connectivity index (χ3n) is 2.53. The molecular weight excluding hydrogens is 212 g/mol. The number of fused-ring (bicyclic) bond motifs is 1. The van der Waals surface area contributed by atoms with Crippen molar-refractivity contribution >= 4 is 11.0 Å². The number of nitrogens with zero attached hydrogens (tertiary/aromatic N) is 1. The maximum absolute atomic E-state index is 13.7. The molecule has 2 N–H and O–H groups in total. The lowest BCUT2D eigenvalue weighted by molar-refractivity contribution is -0.0122. The van der Waals surface area contributed by atoms with E-state index in [0.717, 1.165) is 0 Å². The van der Waals surface area contributed by atoms with Gasteiger partial charge in [-0.3, -0.25) is 0 Å². The first kappa shape index (κ1) is 11.0. The van der Waals surface area contributed by atoms with Crippen molar-refractivity contribution < 1.29 is 8.78 Å². The molecule has 16 heavy (non-hydrogen) atoms. The van der Waals surface area contributed by atoms with Gasteiger partial charge in [0.15, 0.2) is 0 Å². The minimum Gasteiger partial charge on any atom is -0.345 e. The van der Waals surface area contributed by atoms with Crippen LogP contribution in [0.1, 0.15) is 12.0 Å². The second-order valence-corrected chi connectivity index (χ2v) is 3.69. The molecule has 0 aliphatic carbocycles. The first-order valence-electron chi connectivity index (χ1n) is 5.09. The largest absolute Gasteiger partial charge is 0.345 e. The molecule has 0 aliphatic rings. The SMILES string of the molecule is CNCCC(F)(F)c1ccc2nc[nH]c2c1. The van der Waals surface area contributed by atoms with Crippen LogP contribution in [0.3, 0.4) is 0 Å². The Kier molecular flexibility index (Phi) is 2.87. The predicted octanol–water partition coefficient (Wildman–Crippen LogP) is 2.26. The van der Waals surface area contributed by atoms with Gasteiger partial charge in [0, 0.05) is 18.5 Å². The van der Waals surface area contributed by atoms with Crippen LogP contribution < -0.4 is 5.32 Å². The van der Waals surface area contributed by atoms with E-state index in [1.54, 1.807) is 13.1 Å². The summed E-state index contributed by atoms with van der Waals surface area (Å²) >= 11 is 0. The first-order valence-corrected chi connectivity index (χ1v) is 5.09. The number of halogens is 2. The van der Waals surface area contributed by atoms with E-state index in [1.165, 1.54) is 18.5 Å². The number of nitrogens with one attached hydrogen (secondary N) is 2. The summed E-state index contributed by atoms with van der Waals surface area (Å²) < 4.78 is 27.4. The Morgan fingerprint density at radius 2 is 2.25 bits per heavy atom. The number of hydrogen-bond acceptors (Lipinski definition) is 2. The van der Waals surface area contributed by atoms with Crippen LogP contribution in [0.2, 0.25) is 0 Å². The predicted molar refractivity (Wildman–Crippen MR) is 58.5 cm³/mol. The number of aromatic amines is 1. The van der Waals surface area contributed by atoms with Crippen LogP contribution in [0, 0.1) is 0 Å². The molecule has 1 heterocycles. The molecule has 0 atom stereocenters. The maximum atomic E-state index is 13.7. The van der Waals surface area contributed by atoms with E-state index in [0.29, 0.717) is 11.0 Å². The summed E-state index contributed by atoms with van der Waals surface area (Å²) in [6.45, 7) is 0.286. The highest BCUT2D eigenvalue weighted by molar-refractivity contribution is 5.75. The highest BCUT2D eigenvalue weighted by Crippen LogP contribution is 2.32. The van der Waals surface area contributed by atoms with E-state index in [9.17, 15) is 8.78 Å². The van der Waals surface area contributed by atoms with Crippen LogP contribution in [0.15, 0.2) is 24.5 Å². The number of imidazole rings is 1. The quantitative estimate of drug-likeness (QED) is 0.838. The number of H-pyrrole nitrogens is 1. The monoisotopic (exact) mass is 225 g/mol. The molecule has 3 nitrogen and oxygen atoms in total. The number of benzene rings is 1. The molecule has 0 saturated carbocycles. The molecule has 86 valence electrons. The fourth-order valence-corrected chi connectivity index (χ4v) is 1.59. The molecule has 0 spiro atoms. The Bertz CT molecular complexity index is 479. The fraction of sp³-hybridized carbons (Fsp3) is 0.364. The lowest BCUT2D eigenvalue weighted by Gasteiger charge is -2.16. The van der Waals surface area contributed by atoms with Crippen molar-refractivity contribution in [3.63, 3.8) is 0 Å². The molecule has 0 amide bonds. The molecule has 5 heteroatoms. The molecule has 2 rings (SSSR count). The molecule has 0 unspecified atom stereocenters. The van der Waals surface area contributed by atoms with Crippen molar-refractivity contribution in [1.29, 1.82) is 0 Å². The van der Waals surface area contributed by atoms with Crippen LogP contribution in [0.5, 0.6) is 0 Å². The van der Waals surface area contributed by atoms with Gasteiger partial charge in [0.05, 0.1) is 17.4 Å². The topological polar surface area (TPSA) is 40.7 Å². The van der Waals surface area contributed by atoms with E-state index in [2.05, 4.69) is 15.3 Å². The second kappa shape index (κ2) is 4.17. The van der Waals surface area contributed by atoms with Crippen molar-refractivity contribution in [1.82, 2.24) is 15.3 Å². The van der Waals surface area contributed by atoms with E-state index < -0.39 is 5.92 Å². The Balaban J connectivity index is 2.30. The van der Waals surface area contributed by atoms with Gasteiger partial charge in [0.2, 0.25) is 0 Å². The smallest absolute Gasteiger partial charge is 0.274 e. The Labute approximate surface area is 91.9 Å². The lowest BCUT2D eigenvalue weighted by Crippen LogP contribution is -2.20. The molecule has 0 radical (unpaired) electrons. The zero-order valence-electron chi connectivity index (χ0n) is 8.93. The van der Waals surface area contributed by atoms with Crippen molar-refractivity contribution in [2.24, 2.45) is 0 Å². The van der Waals surface area contributed by atoms with Gasteiger partial charge in [-0.1, -0.05) is 6.07 Å². The minimum absolute atomic E-state index is 0.0273. The van der Waals surface area contributed by atoms with Crippen molar-refractivity contribution in [3.05, 3.63) is 30.1 Å². The average molecular weight is 225 g/mol. The van der Waals surface area contributed by atoms with Gasteiger partial charge in [-0.2, -0.15) is 0 Å². The second-order valence-electron chi connectivity index (χ2n) is 3.69. The van der Waals surface area contributed by atoms with Gasteiger partial charge in [-0.05, 0) is 19.2 Å². The maximum Gasteiger partial charge on any atom is 0.274 e. The van der Waals surface area contributed by atoms with Gasteiger partial charge >= 0.3 is 0 Å². The Morgan fingerprint density at radius 3 is 3.00 bits per heavy atom. The highest BCUT2D eigenvalue weighted by atomic mass is 19.3. The normalized spacial score (nSPS) is 12.2. The summed E-state index contributed by atoms with van der Waals surface area (Å²) in [6, 6.07) is 4.49. The number of rotatable bonds is 4. The molecular formula is C11H13F2N3. The van der Waals surface area contributed by atoms with E-state index in [-0.39, 0.29) is 18.5 Å². The van der Waals surface area contributed by atoms with E-state index >= 15 is 0 Å². The van der Waals surface area contributed by atoms with Gasteiger partial charge in [-0.15, -0.1) is 0 Å². The van der Waals surface area contributed by atoms with E-state index in [1.807, 2.05) is 0 Å². The average Bonchev–Trinajstić information content (AvgIpc) is 2.73. The van der Waals surface area contributed by atoms with Crippen LogP contribution in [-0.4, -0.2) is 23.6 Å². The molecule has 0 fully saturated rings. The van der Waals surface area contributed by atoms with Crippen molar-refractivity contribution in [2.75, 3.05) is 13.6 Å². The van der Waals surface area contributed by atoms with Gasteiger partial charge < -0.3 is 10.3 Å². The van der Waals surface area contributed by atoms with Gasteiger partial charge in [0.1, 0.15) is 0 Å². The Morgan fingerprint density at radius 1 is 1.44 bits per heavy atom. The first-order chi connectivity index (χ1) is 7.63. The summed E-state index contributed by atoms with van der Waals surface area (Å²) in [6.07, 6.45) is 1.29. The highest BCUT2D eigenvalue weighted by Gasteiger charge is 2.30. The van der Waals surface area contributed by atoms with Gasteiger partial charge in [0.25, 0.3) is 5.92 Å². The molecule has 0 saturated heterocycles. The van der Waals surface area contributed by atoms with E-state index in [4.69, 9.17) is 0 Å². The van der Waals surface area contributed by atoms with Crippen LogP contribution in [0.4, 0.5) is 8.78 Å². The van der Waals surface area contributed by atoms with Gasteiger partial charge in [-0.25, -0.2) is 13.8 Å². The number of hydrogen-bond donors (Lipinski definition) is 2. The number of aromatic nitrogens is 2. The van der Waals surface area contributed by atoms with Crippen LogP contribution in [-0.2, 0) is 5.92 Å². The standard InChI is InChI=1S/C11H13F2N3/c1-14-5-4-11(12,13)8-2-3-9-10(6-8)16-7-15-9/h2-3,6-7,14H,4-5H2,1H3,(H,15,16). The van der Waals surface area contributed by atoms with Crippen molar-refractivity contribution in [3.8, 4) is 0 Å². The molecule has 0 aliphatic heterocycles. The third kappa shape index (κ3) is 2.04. The summed E-state index contributed by atoms with van der Waals surface area (Å²) in [7, 11) is 1.66. The molecule has 0 bridgehead atoms. The summed E-state index contributed by atoms with van der Waals surface area (Å²) in [5.74, 6) is -2.80. The molecule has 1 aromatic heterocycles. The van der Waals surface area contributed by atoms with Crippen molar-refractivity contribution in [2.45, 2.75) is 12.3 Å². The Hall–Kier alpha value is -1.49.